The summed E-state index contributed by atoms with van der Waals surface area (Å²) in [4.78, 5) is 2.49. The molecule has 1 aliphatic rings. The van der Waals surface area contributed by atoms with Crippen LogP contribution in [0, 0.1) is 0 Å². The van der Waals surface area contributed by atoms with Gasteiger partial charge >= 0.3 is 0 Å². The molecule has 1 aliphatic heterocycles. The first kappa shape index (κ1) is 26.2. The molecule has 3 heterocycles. The van der Waals surface area contributed by atoms with Crippen LogP contribution in [0.25, 0.3) is 71.7 Å². The number of aromatic nitrogens is 1. The van der Waals surface area contributed by atoms with Gasteiger partial charge < -0.3 is 13.9 Å². The molecule has 222 valence electrons. The van der Waals surface area contributed by atoms with Crippen LogP contribution in [-0.4, -0.2) is 4.57 Å². The molecular weight excluding hydrogens is 572 g/mol. The summed E-state index contributed by atoms with van der Waals surface area (Å²) in [5, 5.41) is 4.86. The van der Waals surface area contributed by atoms with Gasteiger partial charge in [0.2, 0.25) is 0 Å². The second-order valence-electron chi connectivity index (χ2n) is 12.6. The molecule has 0 radical (unpaired) electrons. The molecule has 0 amide bonds. The monoisotopic (exact) mass is 602 g/mol. The molecule has 0 unspecified atom stereocenters. The van der Waals surface area contributed by atoms with Crippen molar-refractivity contribution in [1.82, 2.24) is 4.57 Å². The number of fused-ring (bicyclic) bond motifs is 9. The maximum Gasteiger partial charge on any atom is 0.136 e. The predicted octanol–water partition coefficient (Wildman–Crippen LogP) is 11.5. The van der Waals surface area contributed by atoms with Gasteiger partial charge in [-0.15, -0.1) is 0 Å². The van der Waals surface area contributed by atoms with Gasteiger partial charge in [-0.2, -0.15) is 0 Å². The Morgan fingerprint density at radius 2 is 0.979 bits per heavy atom. The number of para-hydroxylation sites is 4. The summed E-state index contributed by atoms with van der Waals surface area (Å²) in [6.45, 7) is 1.67. The van der Waals surface area contributed by atoms with Crippen LogP contribution < -0.4 is 4.90 Å². The van der Waals surface area contributed by atoms with E-state index in [4.69, 9.17) is 4.42 Å². The zero-order valence-corrected chi connectivity index (χ0v) is 25.7. The lowest BCUT2D eigenvalue weighted by Crippen LogP contribution is -2.20. The average Bonchev–Trinajstić information content (AvgIpc) is 3.62. The molecule has 0 aliphatic carbocycles. The van der Waals surface area contributed by atoms with Crippen LogP contribution in [0.1, 0.15) is 11.1 Å². The van der Waals surface area contributed by atoms with Gasteiger partial charge in [0.05, 0.1) is 11.0 Å². The Kier molecular flexibility index (Phi) is 5.70. The van der Waals surface area contributed by atoms with Crippen molar-refractivity contribution < 1.29 is 4.42 Å². The first-order chi connectivity index (χ1) is 23.3. The summed E-state index contributed by atoms with van der Waals surface area (Å²) in [5.41, 5.74) is 14.2. The summed E-state index contributed by atoms with van der Waals surface area (Å²) in [6.07, 6.45) is 0. The first-order valence-electron chi connectivity index (χ1n) is 16.2. The number of nitrogens with zero attached hydrogens (tertiary/aromatic N) is 2. The Balaban J connectivity index is 1.18. The Hall–Kier alpha value is -6.06. The van der Waals surface area contributed by atoms with E-state index >= 15 is 0 Å². The molecule has 0 fully saturated rings. The van der Waals surface area contributed by atoms with Gasteiger partial charge in [0.25, 0.3) is 0 Å². The van der Waals surface area contributed by atoms with Crippen molar-refractivity contribution in [2.45, 2.75) is 13.1 Å². The maximum atomic E-state index is 6.28. The third kappa shape index (κ3) is 4.13. The Bertz CT molecular complexity index is 2590. The number of furan rings is 1. The summed E-state index contributed by atoms with van der Waals surface area (Å²) in [5.74, 6) is 0. The van der Waals surface area contributed by atoms with E-state index in [-0.39, 0.29) is 0 Å². The van der Waals surface area contributed by atoms with E-state index in [9.17, 15) is 0 Å². The highest BCUT2D eigenvalue weighted by atomic mass is 16.3. The Morgan fingerprint density at radius 3 is 1.74 bits per heavy atom. The van der Waals surface area contributed by atoms with Crippen LogP contribution >= 0.6 is 0 Å². The zero-order valence-electron chi connectivity index (χ0n) is 25.7. The first-order valence-corrected chi connectivity index (χ1v) is 16.2. The van der Waals surface area contributed by atoms with Crippen LogP contribution in [0.2, 0.25) is 0 Å². The maximum absolute atomic E-state index is 6.28. The normalized spacial score (nSPS) is 12.9. The second kappa shape index (κ2) is 10.2. The average molecular weight is 603 g/mol. The minimum absolute atomic E-state index is 0.835. The summed E-state index contributed by atoms with van der Waals surface area (Å²) in [6, 6.07) is 57.2. The van der Waals surface area contributed by atoms with Gasteiger partial charge in [0.15, 0.2) is 0 Å². The van der Waals surface area contributed by atoms with E-state index in [1.807, 2.05) is 12.1 Å². The van der Waals surface area contributed by atoms with Gasteiger partial charge in [0, 0.05) is 46.0 Å². The molecule has 3 heteroatoms. The smallest absolute Gasteiger partial charge is 0.136 e. The lowest BCUT2D eigenvalue weighted by molar-refractivity contribution is 0.669. The number of rotatable bonds is 3. The van der Waals surface area contributed by atoms with Crippen LogP contribution in [0.4, 0.5) is 5.69 Å². The van der Waals surface area contributed by atoms with Crippen LogP contribution in [0.5, 0.6) is 0 Å². The van der Waals surface area contributed by atoms with Crippen LogP contribution in [0.15, 0.2) is 162 Å². The SMILES string of the molecule is c1ccc(N2Cc3ccc(-c4ccc5c(c4)oc4ccccc45)cc3-c3cc(-n4c5ccccc5c5ccccc54)ccc3C2)cc1. The van der Waals surface area contributed by atoms with E-state index < -0.39 is 0 Å². The molecule has 10 rings (SSSR count). The van der Waals surface area contributed by atoms with Crippen molar-refractivity contribution in [2.75, 3.05) is 4.90 Å². The van der Waals surface area contributed by atoms with E-state index in [0.29, 0.717) is 0 Å². The third-order valence-electron chi connectivity index (χ3n) is 9.89. The highest BCUT2D eigenvalue weighted by molar-refractivity contribution is 6.09. The van der Waals surface area contributed by atoms with Crippen LogP contribution in [-0.2, 0) is 13.1 Å². The molecule has 2 aromatic heterocycles. The largest absolute Gasteiger partial charge is 0.456 e. The van der Waals surface area contributed by atoms with Crippen molar-refractivity contribution in [3.8, 4) is 27.9 Å². The fourth-order valence-electron chi connectivity index (χ4n) is 7.63. The standard InChI is InChI=1S/C44H30N2O/c1-2-10-33(11-3-1)45-27-31-19-18-29(30-21-23-38-37-14-6-9-17-43(37)47-44(38)25-30)24-39(31)40-26-34(22-20-32(40)28-45)46-41-15-7-4-12-35(41)36-13-5-8-16-42(36)46/h1-26H,27-28H2. The second-order valence-corrected chi connectivity index (χ2v) is 12.6. The number of anilines is 1. The van der Waals surface area contributed by atoms with E-state index in [2.05, 4.69) is 155 Å². The lowest BCUT2D eigenvalue weighted by Gasteiger charge is -2.24. The molecule has 0 bridgehead atoms. The number of hydrogen-bond donors (Lipinski definition) is 0. The van der Waals surface area contributed by atoms with Crippen molar-refractivity contribution >= 4 is 49.4 Å². The molecule has 7 aromatic carbocycles. The van der Waals surface area contributed by atoms with Gasteiger partial charge in [-0.05, 0) is 94.0 Å². The lowest BCUT2D eigenvalue weighted by atomic mass is 9.92. The van der Waals surface area contributed by atoms with E-state index in [1.165, 1.54) is 61.0 Å². The molecule has 0 saturated heterocycles. The highest BCUT2D eigenvalue weighted by Crippen LogP contribution is 2.41. The highest BCUT2D eigenvalue weighted by Gasteiger charge is 2.22. The number of benzene rings is 7. The minimum Gasteiger partial charge on any atom is -0.456 e. The molecule has 47 heavy (non-hydrogen) atoms. The molecule has 3 nitrogen and oxygen atoms in total. The quantitative estimate of drug-likeness (QED) is 0.201. The van der Waals surface area contributed by atoms with Crippen LogP contribution in [0.3, 0.4) is 0 Å². The fraction of sp³-hybridized carbons (Fsp3) is 0.0455. The zero-order chi connectivity index (χ0) is 30.9. The summed E-state index contributed by atoms with van der Waals surface area (Å²) in [7, 11) is 0. The van der Waals surface area contributed by atoms with Gasteiger partial charge in [-0.3, -0.25) is 0 Å². The van der Waals surface area contributed by atoms with E-state index in [1.54, 1.807) is 0 Å². The molecule has 0 atom stereocenters. The van der Waals surface area contributed by atoms with Gasteiger partial charge in [-0.1, -0.05) is 97.1 Å². The fourth-order valence-corrected chi connectivity index (χ4v) is 7.63. The third-order valence-corrected chi connectivity index (χ3v) is 9.89. The van der Waals surface area contributed by atoms with Crippen molar-refractivity contribution in [3.05, 3.63) is 169 Å². The topological polar surface area (TPSA) is 21.3 Å². The molecule has 0 saturated carbocycles. The van der Waals surface area contributed by atoms with Gasteiger partial charge in [0.1, 0.15) is 11.2 Å². The van der Waals surface area contributed by atoms with E-state index in [0.717, 1.165) is 40.6 Å². The van der Waals surface area contributed by atoms with Crippen molar-refractivity contribution in [2.24, 2.45) is 0 Å². The van der Waals surface area contributed by atoms with Crippen molar-refractivity contribution in [3.63, 3.8) is 0 Å². The number of hydrogen-bond acceptors (Lipinski definition) is 2. The predicted molar refractivity (Wildman–Crippen MR) is 195 cm³/mol. The molecule has 0 N–H and O–H groups in total. The molecular formula is C44H30N2O. The Labute approximate surface area is 272 Å². The minimum atomic E-state index is 0.835. The summed E-state index contributed by atoms with van der Waals surface area (Å²) >= 11 is 0. The molecule has 9 aromatic rings. The molecule has 0 spiro atoms. The van der Waals surface area contributed by atoms with Crippen molar-refractivity contribution in [1.29, 1.82) is 0 Å². The summed E-state index contributed by atoms with van der Waals surface area (Å²) < 4.78 is 8.70. The van der Waals surface area contributed by atoms with Gasteiger partial charge in [-0.25, -0.2) is 0 Å². The Morgan fingerprint density at radius 1 is 0.404 bits per heavy atom.